The van der Waals surface area contributed by atoms with Crippen LogP contribution in [0.4, 0.5) is 8.78 Å². The Morgan fingerprint density at radius 1 is 1.18 bits per heavy atom. The lowest BCUT2D eigenvalue weighted by atomic mass is 10.2. The topological polar surface area (TPSA) is 56.4 Å². The third-order valence-corrected chi connectivity index (χ3v) is 4.01. The molecule has 1 aromatic carbocycles. The van der Waals surface area contributed by atoms with Crippen LogP contribution in [0.1, 0.15) is 5.56 Å². The van der Waals surface area contributed by atoms with Crippen molar-refractivity contribution in [1.82, 2.24) is 14.0 Å². The lowest BCUT2D eigenvalue weighted by molar-refractivity contribution is 0.550. The fraction of sp³-hybridized carbons (Fsp3) is 0.0714. The Morgan fingerprint density at radius 3 is 2.64 bits per heavy atom. The highest BCUT2D eigenvalue weighted by Gasteiger charge is 2.15. The molecule has 0 radical (unpaired) electrons. The fourth-order valence-electron chi connectivity index (χ4n) is 2.09. The van der Waals surface area contributed by atoms with Gasteiger partial charge in [0, 0.05) is 16.7 Å². The number of aryl methyl sites for hydroxylation is 1. The van der Waals surface area contributed by atoms with Crippen LogP contribution in [0.3, 0.4) is 0 Å². The van der Waals surface area contributed by atoms with E-state index < -0.39 is 22.9 Å². The van der Waals surface area contributed by atoms with E-state index >= 15 is 0 Å². The molecular weight excluding hydrogens is 360 g/mol. The summed E-state index contributed by atoms with van der Waals surface area (Å²) in [6.07, 6.45) is 1.14. The first-order chi connectivity index (χ1) is 10.4. The molecule has 0 saturated carbocycles. The second-order valence-electron chi connectivity index (χ2n) is 4.63. The van der Waals surface area contributed by atoms with Crippen LogP contribution in [0.5, 0.6) is 0 Å². The molecule has 0 aliphatic rings. The van der Waals surface area contributed by atoms with E-state index in [1.807, 2.05) is 0 Å². The summed E-state index contributed by atoms with van der Waals surface area (Å²) in [6.45, 7) is 1.71. The Morgan fingerprint density at radius 2 is 1.91 bits per heavy atom. The predicted molar refractivity (Wildman–Crippen MR) is 79.4 cm³/mol. The molecule has 0 N–H and O–H groups in total. The lowest BCUT2D eigenvalue weighted by Crippen LogP contribution is -2.26. The van der Waals surface area contributed by atoms with Crippen LogP contribution in [0, 0.1) is 18.7 Å². The Labute approximate surface area is 130 Å². The lowest BCUT2D eigenvalue weighted by Gasteiger charge is -2.12. The van der Waals surface area contributed by atoms with E-state index in [-0.39, 0.29) is 11.5 Å². The molecule has 0 bridgehead atoms. The van der Waals surface area contributed by atoms with Crippen molar-refractivity contribution in [2.24, 2.45) is 0 Å². The van der Waals surface area contributed by atoms with Gasteiger partial charge < -0.3 is 0 Å². The van der Waals surface area contributed by atoms with Gasteiger partial charge in [-0.15, -0.1) is 0 Å². The Bertz CT molecular complexity index is 1030. The van der Waals surface area contributed by atoms with Crippen molar-refractivity contribution < 1.29 is 8.78 Å². The first kappa shape index (κ1) is 14.6. The standard InChI is InChI=1S/C14H8BrF2N3O2/c1-7-4-10(9(16)5-8(7)15)20-13(22)6-11(17)19-3-2-12(21)18-14(19)20/h2-6H,1H3. The zero-order valence-electron chi connectivity index (χ0n) is 11.2. The number of benzene rings is 1. The van der Waals surface area contributed by atoms with Gasteiger partial charge >= 0.3 is 0 Å². The van der Waals surface area contributed by atoms with E-state index in [0.717, 1.165) is 21.2 Å². The van der Waals surface area contributed by atoms with E-state index in [1.165, 1.54) is 12.1 Å². The summed E-state index contributed by atoms with van der Waals surface area (Å²) in [5, 5.41) is 0. The SMILES string of the molecule is Cc1cc(-n2c(=O)cc(F)n3ccc(=O)nc23)c(F)cc1Br. The van der Waals surface area contributed by atoms with Gasteiger partial charge in [-0.2, -0.15) is 9.37 Å². The molecule has 0 amide bonds. The van der Waals surface area contributed by atoms with Gasteiger partial charge in [0.2, 0.25) is 11.7 Å². The molecular formula is C14H8BrF2N3O2. The number of fused-ring (bicyclic) bond motifs is 1. The van der Waals surface area contributed by atoms with Crippen LogP contribution >= 0.6 is 15.9 Å². The maximum atomic E-state index is 14.2. The quantitative estimate of drug-likeness (QED) is 0.619. The van der Waals surface area contributed by atoms with Crippen LogP contribution in [0.15, 0.2) is 44.5 Å². The molecule has 0 unspecified atom stereocenters. The van der Waals surface area contributed by atoms with E-state index in [9.17, 15) is 18.4 Å². The third-order valence-electron chi connectivity index (χ3n) is 3.15. The molecule has 3 rings (SSSR count). The van der Waals surface area contributed by atoms with Gasteiger partial charge in [0.1, 0.15) is 5.82 Å². The van der Waals surface area contributed by atoms with Crippen molar-refractivity contribution >= 4 is 21.7 Å². The molecule has 5 nitrogen and oxygen atoms in total. The first-order valence-corrected chi connectivity index (χ1v) is 6.95. The molecule has 0 saturated heterocycles. The number of hydrogen-bond acceptors (Lipinski definition) is 3. The zero-order valence-corrected chi connectivity index (χ0v) is 12.8. The predicted octanol–water partition coefficient (Wildman–Crippen LogP) is 2.19. The average molecular weight is 368 g/mol. The van der Waals surface area contributed by atoms with Gasteiger partial charge in [0.05, 0.1) is 11.8 Å². The first-order valence-electron chi connectivity index (χ1n) is 6.15. The molecule has 22 heavy (non-hydrogen) atoms. The molecule has 0 aliphatic heterocycles. The van der Waals surface area contributed by atoms with Crippen LogP contribution in [-0.2, 0) is 0 Å². The highest BCUT2D eigenvalue weighted by Crippen LogP contribution is 2.23. The van der Waals surface area contributed by atoms with Crippen molar-refractivity contribution in [2.45, 2.75) is 6.92 Å². The second-order valence-corrected chi connectivity index (χ2v) is 5.48. The van der Waals surface area contributed by atoms with Crippen LogP contribution in [-0.4, -0.2) is 14.0 Å². The Kier molecular flexibility index (Phi) is 3.40. The molecule has 0 fully saturated rings. The summed E-state index contributed by atoms with van der Waals surface area (Å²) in [5.74, 6) is -1.89. The minimum absolute atomic E-state index is 0.110. The van der Waals surface area contributed by atoms with E-state index in [0.29, 0.717) is 16.1 Å². The number of rotatable bonds is 1. The van der Waals surface area contributed by atoms with Crippen molar-refractivity contribution in [3.63, 3.8) is 0 Å². The minimum Gasteiger partial charge on any atom is -0.269 e. The fourth-order valence-corrected chi connectivity index (χ4v) is 2.41. The summed E-state index contributed by atoms with van der Waals surface area (Å²) >= 11 is 3.19. The highest BCUT2D eigenvalue weighted by molar-refractivity contribution is 9.10. The average Bonchev–Trinajstić information content (AvgIpc) is 2.43. The number of halogens is 3. The van der Waals surface area contributed by atoms with Crippen LogP contribution in [0.25, 0.3) is 11.5 Å². The van der Waals surface area contributed by atoms with Crippen molar-refractivity contribution in [3.8, 4) is 5.69 Å². The third kappa shape index (κ3) is 2.25. The molecule has 112 valence electrons. The second kappa shape index (κ2) is 5.13. The maximum absolute atomic E-state index is 14.2. The van der Waals surface area contributed by atoms with Gasteiger partial charge in [0.25, 0.3) is 11.1 Å². The Hall–Kier alpha value is -2.35. The highest BCUT2D eigenvalue weighted by atomic mass is 79.9. The summed E-state index contributed by atoms with van der Waals surface area (Å²) in [5.41, 5.74) is -0.922. The zero-order chi connectivity index (χ0) is 16.0. The van der Waals surface area contributed by atoms with Crippen molar-refractivity contribution in [2.75, 3.05) is 0 Å². The van der Waals surface area contributed by atoms with Gasteiger partial charge in [-0.25, -0.2) is 8.96 Å². The molecule has 0 spiro atoms. The largest absolute Gasteiger partial charge is 0.274 e. The summed E-state index contributed by atoms with van der Waals surface area (Å²) < 4.78 is 30.3. The molecule has 8 heteroatoms. The van der Waals surface area contributed by atoms with Gasteiger partial charge in [-0.1, -0.05) is 15.9 Å². The molecule has 2 heterocycles. The van der Waals surface area contributed by atoms with Gasteiger partial charge in [0.15, 0.2) is 0 Å². The summed E-state index contributed by atoms with van der Waals surface area (Å²) in [6, 6.07) is 4.36. The smallest absolute Gasteiger partial charge is 0.269 e. The maximum Gasteiger partial charge on any atom is 0.274 e. The number of nitrogens with zero attached hydrogens (tertiary/aromatic N) is 3. The minimum atomic E-state index is -0.891. The number of aromatic nitrogens is 3. The van der Waals surface area contributed by atoms with Crippen LogP contribution < -0.4 is 11.1 Å². The summed E-state index contributed by atoms with van der Waals surface area (Å²) in [7, 11) is 0. The summed E-state index contributed by atoms with van der Waals surface area (Å²) in [4.78, 5) is 27.2. The van der Waals surface area contributed by atoms with Crippen LogP contribution in [0.2, 0.25) is 0 Å². The molecule has 3 aromatic rings. The number of hydrogen-bond donors (Lipinski definition) is 0. The monoisotopic (exact) mass is 367 g/mol. The van der Waals surface area contributed by atoms with Gasteiger partial charge in [-0.3, -0.25) is 14.0 Å². The van der Waals surface area contributed by atoms with E-state index in [4.69, 9.17) is 0 Å². The molecule has 0 aliphatic carbocycles. The molecule has 2 aromatic heterocycles. The molecule has 0 atom stereocenters. The van der Waals surface area contributed by atoms with Gasteiger partial charge in [-0.05, 0) is 24.6 Å². The van der Waals surface area contributed by atoms with E-state index in [1.54, 1.807) is 6.92 Å². The Balaban J connectivity index is 2.51. The van der Waals surface area contributed by atoms with Crippen molar-refractivity contribution in [3.05, 3.63) is 73.0 Å². The normalized spacial score (nSPS) is 11.1. The van der Waals surface area contributed by atoms with Crippen molar-refractivity contribution in [1.29, 1.82) is 0 Å². The van der Waals surface area contributed by atoms with E-state index in [2.05, 4.69) is 20.9 Å².